The Balaban J connectivity index is 3.05. The minimum absolute atomic E-state index is 0.0651. The standard InChI is InChI=1S/C7H4BrF3/c8-5-3-4(7(10)11)1-2-6(5)9/h1-3,7H. The largest absolute Gasteiger partial charge is 0.263 e. The highest BCUT2D eigenvalue weighted by molar-refractivity contribution is 9.10. The van der Waals surface area contributed by atoms with Crippen molar-refractivity contribution >= 4 is 15.9 Å². The summed E-state index contributed by atoms with van der Waals surface area (Å²) in [6, 6.07) is 3.14. The molecule has 0 aliphatic carbocycles. The molecule has 0 radical (unpaired) electrons. The summed E-state index contributed by atoms with van der Waals surface area (Å²) in [5.74, 6) is -0.533. The first-order valence-corrected chi connectivity index (χ1v) is 3.63. The minimum Gasteiger partial charge on any atom is -0.206 e. The van der Waals surface area contributed by atoms with Gasteiger partial charge in [-0.1, -0.05) is 6.07 Å². The van der Waals surface area contributed by atoms with Crippen molar-refractivity contribution in [3.63, 3.8) is 0 Å². The highest BCUT2D eigenvalue weighted by Crippen LogP contribution is 2.23. The summed E-state index contributed by atoms with van der Waals surface area (Å²) in [5, 5.41) is 0. The van der Waals surface area contributed by atoms with Gasteiger partial charge in [0.25, 0.3) is 6.43 Å². The van der Waals surface area contributed by atoms with Crippen LogP contribution in [0.15, 0.2) is 22.7 Å². The SMILES string of the molecule is Fc1ccc(C(F)F)cc1Br. The van der Waals surface area contributed by atoms with Crippen LogP contribution in [0, 0.1) is 5.82 Å². The highest BCUT2D eigenvalue weighted by Gasteiger charge is 2.08. The van der Waals surface area contributed by atoms with E-state index in [9.17, 15) is 13.2 Å². The number of halogens is 4. The quantitative estimate of drug-likeness (QED) is 0.685. The molecule has 1 rings (SSSR count). The molecule has 0 unspecified atom stereocenters. The molecule has 0 nitrogen and oxygen atoms in total. The van der Waals surface area contributed by atoms with E-state index in [1.165, 1.54) is 0 Å². The Morgan fingerprint density at radius 1 is 1.27 bits per heavy atom. The molecule has 0 saturated carbocycles. The Hall–Kier alpha value is -0.510. The van der Waals surface area contributed by atoms with Crippen molar-refractivity contribution in [3.8, 4) is 0 Å². The fourth-order valence-corrected chi connectivity index (χ4v) is 1.04. The number of benzene rings is 1. The Morgan fingerprint density at radius 2 is 1.91 bits per heavy atom. The molecule has 0 saturated heterocycles. The van der Waals surface area contributed by atoms with Crippen LogP contribution in [0.1, 0.15) is 12.0 Å². The first kappa shape index (κ1) is 8.59. The number of rotatable bonds is 1. The van der Waals surface area contributed by atoms with Crippen molar-refractivity contribution in [1.82, 2.24) is 0 Å². The lowest BCUT2D eigenvalue weighted by Gasteiger charge is -1.99. The van der Waals surface area contributed by atoms with Crippen molar-refractivity contribution in [2.45, 2.75) is 6.43 Å². The Morgan fingerprint density at radius 3 is 2.36 bits per heavy atom. The number of hydrogen-bond donors (Lipinski definition) is 0. The molecule has 0 bridgehead atoms. The van der Waals surface area contributed by atoms with Gasteiger partial charge in [0.2, 0.25) is 0 Å². The van der Waals surface area contributed by atoms with Crippen molar-refractivity contribution in [1.29, 1.82) is 0 Å². The van der Waals surface area contributed by atoms with Crippen molar-refractivity contribution in [3.05, 3.63) is 34.1 Å². The molecular formula is C7H4BrF3. The van der Waals surface area contributed by atoms with E-state index >= 15 is 0 Å². The van der Waals surface area contributed by atoms with Crippen LogP contribution in [-0.2, 0) is 0 Å². The summed E-state index contributed by atoms with van der Waals surface area (Å²) >= 11 is 2.81. The predicted molar refractivity (Wildman–Crippen MR) is 39.1 cm³/mol. The second kappa shape index (κ2) is 3.26. The van der Waals surface area contributed by atoms with Gasteiger partial charge in [-0.05, 0) is 28.1 Å². The predicted octanol–water partition coefficient (Wildman–Crippen LogP) is 3.53. The zero-order valence-corrected chi connectivity index (χ0v) is 6.91. The summed E-state index contributed by atoms with van der Waals surface area (Å²) in [6.07, 6.45) is -2.55. The van der Waals surface area contributed by atoms with Gasteiger partial charge in [-0.3, -0.25) is 0 Å². The van der Waals surface area contributed by atoms with Gasteiger partial charge >= 0.3 is 0 Å². The van der Waals surface area contributed by atoms with Crippen molar-refractivity contribution < 1.29 is 13.2 Å². The van der Waals surface area contributed by atoms with E-state index in [0.717, 1.165) is 18.2 Å². The second-order valence-corrected chi connectivity index (χ2v) is 2.83. The van der Waals surface area contributed by atoms with Gasteiger partial charge in [0.1, 0.15) is 5.82 Å². The van der Waals surface area contributed by atoms with Crippen molar-refractivity contribution in [2.75, 3.05) is 0 Å². The van der Waals surface area contributed by atoms with E-state index in [1.54, 1.807) is 0 Å². The van der Waals surface area contributed by atoms with Crippen LogP contribution in [0.5, 0.6) is 0 Å². The molecule has 11 heavy (non-hydrogen) atoms. The molecule has 0 heterocycles. The van der Waals surface area contributed by atoms with Crippen LogP contribution in [0.4, 0.5) is 13.2 Å². The normalized spacial score (nSPS) is 10.6. The fraction of sp³-hybridized carbons (Fsp3) is 0.143. The van der Waals surface area contributed by atoms with Crippen LogP contribution in [0.2, 0.25) is 0 Å². The maximum absolute atomic E-state index is 12.5. The van der Waals surface area contributed by atoms with Gasteiger partial charge in [-0.25, -0.2) is 13.2 Å². The Labute approximate surface area is 70.2 Å². The van der Waals surface area contributed by atoms with Crippen molar-refractivity contribution in [2.24, 2.45) is 0 Å². The summed E-state index contributed by atoms with van der Waals surface area (Å²) < 4.78 is 36.4. The van der Waals surface area contributed by atoms with Gasteiger partial charge in [0.15, 0.2) is 0 Å². The zero-order chi connectivity index (χ0) is 8.43. The molecule has 1 aromatic rings. The zero-order valence-electron chi connectivity index (χ0n) is 5.32. The lowest BCUT2D eigenvalue weighted by molar-refractivity contribution is 0.151. The third-order valence-corrected chi connectivity index (χ3v) is 1.80. The van der Waals surface area contributed by atoms with Crippen LogP contribution >= 0.6 is 15.9 Å². The van der Waals surface area contributed by atoms with Crippen LogP contribution in [-0.4, -0.2) is 0 Å². The molecule has 0 fully saturated rings. The van der Waals surface area contributed by atoms with Gasteiger partial charge in [-0.2, -0.15) is 0 Å². The van der Waals surface area contributed by atoms with Crippen LogP contribution in [0.25, 0.3) is 0 Å². The van der Waals surface area contributed by atoms with E-state index in [4.69, 9.17) is 0 Å². The minimum atomic E-state index is -2.55. The highest BCUT2D eigenvalue weighted by atomic mass is 79.9. The average molecular weight is 225 g/mol. The van der Waals surface area contributed by atoms with Gasteiger partial charge in [-0.15, -0.1) is 0 Å². The topological polar surface area (TPSA) is 0 Å². The molecule has 60 valence electrons. The number of alkyl halides is 2. The summed E-state index contributed by atoms with van der Waals surface area (Å²) in [7, 11) is 0. The molecule has 0 aliphatic heterocycles. The molecule has 0 aromatic heterocycles. The van der Waals surface area contributed by atoms with Gasteiger partial charge in [0.05, 0.1) is 4.47 Å². The second-order valence-electron chi connectivity index (χ2n) is 1.97. The number of hydrogen-bond acceptors (Lipinski definition) is 0. The molecule has 1 aromatic carbocycles. The van der Waals surface area contributed by atoms with E-state index in [1.807, 2.05) is 0 Å². The molecule has 0 amide bonds. The maximum Gasteiger partial charge on any atom is 0.263 e. The maximum atomic E-state index is 12.5. The molecular weight excluding hydrogens is 221 g/mol. The Kier molecular flexibility index (Phi) is 2.54. The van der Waals surface area contributed by atoms with E-state index in [0.29, 0.717) is 0 Å². The molecule has 4 heteroatoms. The van der Waals surface area contributed by atoms with Gasteiger partial charge in [0, 0.05) is 5.56 Å². The van der Waals surface area contributed by atoms with Crippen LogP contribution < -0.4 is 0 Å². The van der Waals surface area contributed by atoms with E-state index in [2.05, 4.69) is 15.9 Å². The third-order valence-electron chi connectivity index (χ3n) is 1.20. The molecule has 0 N–H and O–H groups in total. The lowest BCUT2D eigenvalue weighted by Crippen LogP contribution is -1.85. The summed E-state index contributed by atoms with van der Waals surface area (Å²) in [6.45, 7) is 0. The lowest BCUT2D eigenvalue weighted by atomic mass is 10.2. The molecule has 0 spiro atoms. The monoisotopic (exact) mass is 224 g/mol. The summed E-state index contributed by atoms with van der Waals surface area (Å²) in [4.78, 5) is 0. The summed E-state index contributed by atoms with van der Waals surface area (Å²) in [5.41, 5.74) is -0.182. The Bertz CT molecular complexity index is 260. The third kappa shape index (κ3) is 1.96. The first-order valence-electron chi connectivity index (χ1n) is 2.84. The molecule has 0 atom stereocenters. The average Bonchev–Trinajstić information content (AvgIpc) is 1.94. The van der Waals surface area contributed by atoms with E-state index < -0.39 is 12.2 Å². The smallest absolute Gasteiger partial charge is 0.206 e. The van der Waals surface area contributed by atoms with Gasteiger partial charge < -0.3 is 0 Å². The fourth-order valence-electron chi connectivity index (χ4n) is 0.648. The van der Waals surface area contributed by atoms with Crippen LogP contribution in [0.3, 0.4) is 0 Å². The molecule has 0 aliphatic rings. The van der Waals surface area contributed by atoms with E-state index in [-0.39, 0.29) is 10.0 Å². The first-order chi connectivity index (χ1) is 5.11.